The summed E-state index contributed by atoms with van der Waals surface area (Å²) in [6.07, 6.45) is -3.10. The van der Waals surface area contributed by atoms with Crippen LogP contribution in [0, 0.1) is 0 Å². The maximum atomic E-state index is 11.9. The van der Waals surface area contributed by atoms with Crippen molar-refractivity contribution in [1.29, 1.82) is 0 Å². The Morgan fingerprint density at radius 2 is 1.96 bits per heavy atom. The molecule has 156 valence electrons. The number of benzene rings is 1. The SMILES string of the molecule is CCO[C@@H]1O[C@H]2CO[C@H](c3ccccc3)O[C@@H]2[C@@H](OS(C)(=O)=O)[C@H]1NC(C)=O. The molecule has 0 radical (unpaired) electrons. The van der Waals surface area contributed by atoms with Crippen molar-refractivity contribution in [2.45, 2.75) is 50.8 Å². The van der Waals surface area contributed by atoms with Crippen LogP contribution in [0.4, 0.5) is 0 Å². The predicted octanol–water partition coefficient (Wildman–Crippen LogP) is 0.711. The Morgan fingerprint density at radius 1 is 1.25 bits per heavy atom. The van der Waals surface area contributed by atoms with Crippen LogP contribution in [-0.2, 0) is 38.0 Å². The number of fused-ring (bicyclic) bond motifs is 1. The van der Waals surface area contributed by atoms with Crippen molar-refractivity contribution in [1.82, 2.24) is 5.32 Å². The molecule has 1 amide bonds. The van der Waals surface area contributed by atoms with Gasteiger partial charge >= 0.3 is 0 Å². The molecule has 10 heteroatoms. The van der Waals surface area contributed by atoms with Crippen LogP contribution in [0.15, 0.2) is 30.3 Å². The minimum absolute atomic E-state index is 0.157. The zero-order valence-electron chi connectivity index (χ0n) is 15.9. The molecular formula is C18H25NO8S. The Kier molecular flexibility index (Phi) is 6.69. The maximum Gasteiger partial charge on any atom is 0.264 e. The summed E-state index contributed by atoms with van der Waals surface area (Å²) in [6, 6.07) is 8.38. The second-order valence-corrected chi connectivity index (χ2v) is 8.27. The summed E-state index contributed by atoms with van der Waals surface area (Å²) >= 11 is 0. The first-order valence-electron chi connectivity index (χ1n) is 9.03. The molecule has 1 aromatic rings. The van der Waals surface area contributed by atoms with E-state index < -0.39 is 47.1 Å². The molecule has 0 spiro atoms. The van der Waals surface area contributed by atoms with Crippen molar-refractivity contribution in [3.8, 4) is 0 Å². The Balaban J connectivity index is 1.91. The molecule has 0 aliphatic carbocycles. The third kappa shape index (κ3) is 5.07. The third-order valence-corrected chi connectivity index (χ3v) is 4.97. The van der Waals surface area contributed by atoms with Crippen LogP contribution in [0.2, 0.25) is 0 Å². The van der Waals surface area contributed by atoms with Crippen LogP contribution >= 0.6 is 0 Å². The fraction of sp³-hybridized carbons (Fsp3) is 0.611. The minimum atomic E-state index is -3.85. The topological polar surface area (TPSA) is 109 Å². The van der Waals surface area contributed by atoms with E-state index in [1.165, 1.54) is 6.92 Å². The number of hydrogen-bond acceptors (Lipinski definition) is 8. The summed E-state index contributed by atoms with van der Waals surface area (Å²) in [5.41, 5.74) is 0.780. The molecule has 1 aromatic carbocycles. The Bertz CT molecular complexity index is 771. The van der Waals surface area contributed by atoms with Gasteiger partial charge in [0, 0.05) is 19.1 Å². The highest BCUT2D eigenvalue weighted by Gasteiger charge is 2.52. The van der Waals surface area contributed by atoms with Crippen LogP contribution < -0.4 is 5.32 Å². The number of amides is 1. The van der Waals surface area contributed by atoms with Crippen molar-refractivity contribution in [2.75, 3.05) is 19.5 Å². The minimum Gasteiger partial charge on any atom is -0.351 e. The average Bonchev–Trinajstić information content (AvgIpc) is 2.64. The van der Waals surface area contributed by atoms with Gasteiger partial charge in [-0.1, -0.05) is 30.3 Å². The van der Waals surface area contributed by atoms with Gasteiger partial charge in [0.05, 0.1) is 12.9 Å². The third-order valence-electron chi connectivity index (χ3n) is 4.40. The van der Waals surface area contributed by atoms with Gasteiger partial charge in [-0.25, -0.2) is 0 Å². The van der Waals surface area contributed by atoms with Crippen LogP contribution in [0.1, 0.15) is 25.7 Å². The van der Waals surface area contributed by atoms with E-state index >= 15 is 0 Å². The fourth-order valence-corrected chi connectivity index (χ4v) is 3.99. The van der Waals surface area contributed by atoms with Gasteiger partial charge in [0.25, 0.3) is 10.1 Å². The van der Waals surface area contributed by atoms with E-state index in [0.29, 0.717) is 6.61 Å². The number of ether oxygens (including phenoxy) is 4. The molecule has 0 bridgehead atoms. The molecule has 9 nitrogen and oxygen atoms in total. The number of hydrogen-bond donors (Lipinski definition) is 1. The van der Waals surface area contributed by atoms with Crippen molar-refractivity contribution in [3.63, 3.8) is 0 Å². The second-order valence-electron chi connectivity index (χ2n) is 6.67. The smallest absolute Gasteiger partial charge is 0.264 e. The maximum absolute atomic E-state index is 11.9. The molecular weight excluding hydrogens is 390 g/mol. The number of nitrogens with one attached hydrogen (secondary N) is 1. The van der Waals surface area contributed by atoms with E-state index in [0.717, 1.165) is 11.8 Å². The lowest BCUT2D eigenvalue weighted by molar-refractivity contribution is -0.340. The Labute approximate surface area is 164 Å². The molecule has 2 aliphatic rings. The summed E-state index contributed by atoms with van der Waals surface area (Å²) in [6.45, 7) is 3.55. The van der Waals surface area contributed by atoms with Gasteiger partial charge in [-0.3, -0.25) is 8.98 Å². The van der Waals surface area contributed by atoms with Gasteiger partial charge in [-0.15, -0.1) is 0 Å². The van der Waals surface area contributed by atoms with Crippen LogP contribution in [0.25, 0.3) is 0 Å². The average molecular weight is 415 g/mol. The van der Waals surface area contributed by atoms with E-state index in [2.05, 4.69) is 5.32 Å². The summed E-state index contributed by atoms with van der Waals surface area (Å²) in [4.78, 5) is 11.7. The van der Waals surface area contributed by atoms with Crippen LogP contribution in [0.3, 0.4) is 0 Å². The number of rotatable bonds is 6. The number of carbonyl (C=O) groups is 1. The van der Waals surface area contributed by atoms with Gasteiger partial charge in [-0.05, 0) is 6.92 Å². The van der Waals surface area contributed by atoms with Gasteiger partial charge < -0.3 is 24.3 Å². The van der Waals surface area contributed by atoms with Crippen molar-refractivity contribution >= 4 is 16.0 Å². The van der Waals surface area contributed by atoms with Gasteiger partial charge in [0.15, 0.2) is 12.6 Å². The van der Waals surface area contributed by atoms with E-state index in [1.807, 2.05) is 30.3 Å². The lowest BCUT2D eigenvalue weighted by atomic mass is 9.95. The van der Waals surface area contributed by atoms with E-state index in [9.17, 15) is 13.2 Å². The molecule has 2 aliphatic heterocycles. The molecule has 2 fully saturated rings. The molecule has 2 saturated heterocycles. The molecule has 3 rings (SSSR count). The molecule has 6 atom stereocenters. The van der Waals surface area contributed by atoms with Gasteiger partial charge in [0.1, 0.15) is 24.4 Å². The highest BCUT2D eigenvalue weighted by molar-refractivity contribution is 7.86. The lowest BCUT2D eigenvalue weighted by Gasteiger charge is -2.48. The number of carbonyl (C=O) groups excluding carboxylic acids is 1. The molecule has 2 heterocycles. The Morgan fingerprint density at radius 3 is 2.57 bits per heavy atom. The summed E-state index contributed by atoms with van der Waals surface area (Å²) < 4.78 is 52.5. The highest BCUT2D eigenvalue weighted by atomic mass is 32.2. The van der Waals surface area contributed by atoms with E-state index in [1.54, 1.807) is 6.92 Å². The lowest BCUT2D eigenvalue weighted by Crippen LogP contribution is -2.67. The molecule has 0 aromatic heterocycles. The standard InChI is InChI=1S/C18H25NO8S/c1-4-23-18-14(19-11(2)20)16(27-28(3,21)22)15-13(25-18)10-24-17(26-15)12-8-6-5-7-9-12/h5-9,13-18H,4,10H2,1-3H3,(H,19,20)/t13-,14+,15-,16-,17-,18+/m0/s1. The Hall–Kier alpha value is -1.56. The first-order chi connectivity index (χ1) is 13.3. The van der Waals surface area contributed by atoms with Crippen molar-refractivity contribution in [2.24, 2.45) is 0 Å². The second kappa shape index (κ2) is 8.85. The van der Waals surface area contributed by atoms with E-state index in [-0.39, 0.29) is 12.5 Å². The molecule has 28 heavy (non-hydrogen) atoms. The largest absolute Gasteiger partial charge is 0.351 e. The molecule has 1 N–H and O–H groups in total. The normalized spacial score (nSPS) is 33.1. The highest BCUT2D eigenvalue weighted by Crippen LogP contribution is 2.36. The quantitative estimate of drug-likeness (QED) is 0.677. The first kappa shape index (κ1) is 21.2. The zero-order valence-corrected chi connectivity index (χ0v) is 16.8. The van der Waals surface area contributed by atoms with Gasteiger partial charge in [-0.2, -0.15) is 8.42 Å². The first-order valence-corrected chi connectivity index (χ1v) is 10.8. The zero-order chi connectivity index (χ0) is 20.3. The molecule has 0 saturated carbocycles. The van der Waals surface area contributed by atoms with Crippen molar-refractivity contribution in [3.05, 3.63) is 35.9 Å². The monoisotopic (exact) mass is 415 g/mol. The summed E-state index contributed by atoms with van der Waals surface area (Å²) in [7, 11) is -3.85. The van der Waals surface area contributed by atoms with Gasteiger partial charge in [0.2, 0.25) is 5.91 Å². The summed E-state index contributed by atoms with van der Waals surface area (Å²) in [5.74, 6) is -0.370. The summed E-state index contributed by atoms with van der Waals surface area (Å²) in [5, 5.41) is 2.68. The van der Waals surface area contributed by atoms with Crippen molar-refractivity contribution < 1.29 is 36.3 Å². The molecule has 0 unspecified atom stereocenters. The predicted molar refractivity (Wildman–Crippen MR) is 97.6 cm³/mol. The van der Waals surface area contributed by atoms with E-state index in [4.69, 9.17) is 23.1 Å². The van der Waals surface area contributed by atoms with Crippen LogP contribution in [0.5, 0.6) is 0 Å². The fourth-order valence-electron chi connectivity index (χ4n) is 3.36. The van der Waals surface area contributed by atoms with Crippen LogP contribution in [-0.4, -0.2) is 64.4 Å².